The molecule has 2 atom stereocenters. The number of ether oxygens (including phenoxy) is 5. The van der Waals surface area contributed by atoms with Gasteiger partial charge in [0.2, 0.25) is 17.8 Å². The molecule has 5 amide bonds. The number of nitrogens with zero attached hydrogens (tertiary/aromatic N) is 1. The van der Waals surface area contributed by atoms with E-state index in [4.69, 9.17) is 23.7 Å². The lowest BCUT2D eigenvalue weighted by Crippen LogP contribution is -2.48. The summed E-state index contributed by atoms with van der Waals surface area (Å²) in [6, 6.07) is 11.0. The minimum Gasteiger partial charge on any atom is -0.494 e. The molecule has 338 valence electrons. The first-order valence-corrected chi connectivity index (χ1v) is 19.7. The van der Waals surface area contributed by atoms with E-state index in [2.05, 4.69) is 36.9 Å². The van der Waals surface area contributed by atoms with Gasteiger partial charge in [-0.1, -0.05) is 6.07 Å². The number of amides is 5. The summed E-state index contributed by atoms with van der Waals surface area (Å²) in [6.07, 6.45) is -3.07. The Bertz CT molecular complexity index is 1840. The summed E-state index contributed by atoms with van der Waals surface area (Å²) >= 11 is 0. The first-order chi connectivity index (χ1) is 28.1. The largest absolute Gasteiger partial charge is 0.494 e. The number of esters is 1. The van der Waals surface area contributed by atoms with Gasteiger partial charge in [-0.2, -0.15) is 4.99 Å². The Morgan fingerprint density at radius 3 is 1.90 bits per heavy atom. The maximum Gasteiger partial charge on any atom is 0.414 e. The van der Waals surface area contributed by atoms with E-state index in [9.17, 15) is 33.9 Å². The van der Waals surface area contributed by atoms with E-state index in [0.717, 1.165) is 0 Å². The number of aliphatic hydroxyl groups excluding tert-OH is 1. The van der Waals surface area contributed by atoms with Crippen LogP contribution in [0.3, 0.4) is 0 Å². The van der Waals surface area contributed by atoms with Gasteiger partial charge in [0.15, 0.2) is 0 Å². The summed E-state index contributed by atoms with van der Waals surface area (Å²) in [4.78, 5) is 80.7. The molecule has 2 aromatic rings. The molecule has 0 radical (unpaired) electrons. The predicted molar refractivity (Wildman–Crippen MR) is 228 cm³/mol. The van der Waals surface area contributed by atoms with Gasteiger partial charge in [0.25, 0.3) is 12.3 Å². The molecule has 2 rings (SSSR count). The number of aliphatic hydroxyl groups is 1. The second-order valence-corrected chi connectivity index (χ2v) is 17.6. The highest BCUT2D eigenvalue weighted by Gasteiger charge is 2.28. The Morgan fingerprint density at radius 2 is 1.31 bits per heavy atom. The van der Waals surface area contributed by atoms with Crippen molar-refractivity contribution < 1.29 is 57.6 Å². The fourth-order valence-corrected chi connectivity index (χ4v) is 4.72. The number of carbonyl (C=O) groups excluding carboxylic acids is 6. The molecule has 0 heterocycles. The Labute approximate surface area is 357 Å². The van der Waals surface area contributed by atoms with E-state index in [1.165, 1.54) is 18.2 Å². The minimum absolute atomic E-state index is 0.0915. The normalized spacial score (nSPS) is 13.1. The zero-order valence-corrected chi connectivity index (χ0v) is 37.2. The van der Waals surface area contributed by atoms with E-state index in [0.29, 0.717) is 31.0 Å². The van der Waals surface area contributed by atoms with Crippen LogP contribution in [0.4, 0.5) is 21.0 Å². The third kappa shape index (κ3) is 23.4. The number of carbonyl (C=O) groups is 6. The molecule has 0 fully saturated rings. The molecule has 19 heteroatoms. The fourth-order valence-electron chi connectivity index (χ4n) is 4.72. The number of rotatable bonds is 16. The van der Waals surface area contributed by atoms with Crippen LogP contribution in [-0.2, 0) is 33.3 Å². The highest BCUT2D eigenvalue weighted by molar-refractivity contribution is 6.04. The summed E-state index contributed by atoms with van der Waals surface area (Å²) < 4.78 is 27.0. The molecule has 0 bridgehead atoms. The van der Waals surface area contributed by atoms with Crippen molar-refractivity contribution in [3.63, 3.8) is 0 Å². The van der Waals surface area contributed by atoms with Crippen molar-refractivity contribution in [2.75, 3.05) is 30.3 Å². The topological polar surface area (TPSA) is 253 Å². The third-order valence-electron chi connectivity index (χ3n) is 6.94. The fraction of sp³-hybridized carbons (Fsp3) is 0.548. The van der Waals surface area contributed by atoms with Crippen LogP contribution in [-0.4, -0.2) is 101 Å². The summed E-state index contributed by atoms with van der Waals surface area (Å²) in [5, 5.41) is 25.9. The van der Waals surface area contributed by atoms with Crippen LogP contribution in [0.5, 0.6) is 5.75 Å². The molecule has 61 heavy (non-hydrogen) atoms. The molecular weight excluding hydrogens is 794 g/mol. The van der Waals surface area contributed by atoms with Crippen molar-refractivity contribution >= 4 is 53.2 Å². The van der Waals surface area contributed by atoms with Crippen LogP contribution in [0.15, 0.2) is 53.5 Å². The van der Waals surface area contributed by atoms with Gasteiger partial charge in [-0.05, 0) is 132 Å². The summed E-state index contributed by atoms with van der Waals surface area (Å²) in [6.45, 7) is 20.5. The lowest BCUT2D eigenvalue weighted by atomic mass is 10.1. The third-order valence-corrected chi connectivity index (χ3v) is 6.94. The van der Waals surface area contributed by atoms with Crippen LogP contribution in [0.25, 0.3) is 0 Å². The first-order valence-electron chi connectivity index (χ1n) is 19.7. The zero-order valence-electron chi connectivity index (χ0n) is 37.2. The lowest BCUT2D eigenvalue weighted by Gasteiger charge is -2.23. The molecule has 2 aromatic carbocycles. The predicted octanol–water partition coefficient (Wildman–Crippen LogP) is 4.95. The highest BCUT2D eigenvalue weighted by atomic mass is 16.6. The molecule has 7 N–H and O–H groups in total. The number of guanidine groups is 1. The van der Waals surface area contributed by atoms with Crippen LogP contribution < -0.4 is 36.6 Å². The highest BCUT2D eigenvalue weighted by Crippen LogP contribution is 2.18. The Morgan fingerprint density at radius 1 is 0.705 bits per heavy atom. The van der Waals surface area contributed by atoms with Crippen LogP contribution in [0.2, 0.25) is 0 Å². The van der Waals surface area contributed by atoms with E-state index in [-0.39, 0.29) is 17.2 Å². The number of nitrogens with one attached hydrogen (secondary N) is 6. The van der Waals surface area contributed by atoms with Crippen molar-refractivity contribution in [2.24, 2.45) is 4.99 Å². The number of benzene rings is 2. The van der Waals surface area contributed by atoms with Crippen molar-refractivity contribution in [1.82, 2.24) is 21.3 Å². The molecule has 0 aromatic heterocycles. The van der Waals surface area contributed by atoms with Gasteiger partial charge in [0.05, 0.1) is 25.2 Å². The molecule has 0 aliphatic heterocycles. The molecular formula is C42H63N7O12. The second-order valence-electron chi connectivity index (χ2n) is 17.6. The van der Waals surface area contributed by atoms with Crippen molar-refractivity contribution in [1.29, 1.82) is 0 Å². The number of hydrogen-bond donors (Lipinski definition) is 7. The molecule has 0 saturated carbocycles. The van der Waals surface area contributed by atoms with Gasteiger partial charge in [-0.3, -0.25) is 24.5 Å². The molecule has 19 nitrogen and oxygen atoms in total. The van der Waals surface area contributed by atoms with E-state index < -0.39 is 83.7 Å². The SMILES string of the molecule is CC(C)(C)OC(=O)CC(NC(=O)CNC(=O)c1cccc(NC(=NC(O)OC(C)(C)C)NC(=O)OC(C)(C)C)c1)C(=O)Nc1ccc(OCCCNC(=O)OC(C)(C)C)cc1. The first kappa shape index (κ1) is 51.2. The number of hydrogen-bond acceptors (Lipinski definition) is 13. The van der Waals surface area contributed by atoms with Gasteiger partial charge in [-0.15, -0.1) is 0 Å². The van der Waals surface area contributed by atoms with Crippen LogP contribution in [0, 0.1) is 0 Å². The van der Waals surface area contributed by atoms with Crippen LogP contribution >= 0.6 is 0 Å². The maximum absolute atomic E-state index is 13.4. The van der Waals surface area contributed by atoms with Gasteiger partial charge in [-0.25, -0.2) is 9.59 Å². The smallest absolute Gasteiger partial charge is 0.414 e. The molecule has 2 unspecified atom stereocenters. The average Bonchev–Trinajstić information content (AvgIpc) is 3.07. The Hall–Kier alpha value is -5.95. The van der Waals surface area contributed by atoms with Gasteiger partial charge in [0.1, 0.15) is 28.6 Å². The van der Waals surface area contributed by atoms with Crippen molar-refractivity contribution in [3.05, 3.63) is 54.1 Å². The zero-order chi connectivity index (χ0) is 46.2. The van der Waals surface area contributed by atoms with E-state index in [1.54, 1.807) is 113 Å². The Balaban J connectivity index is 2.08. The Kier molecular flexibility index (Phi) is 19.0. The van der Waals surface area contributed by atoms with Gasteiger partial charge >= 0.3 is 18.2 Å². The van der Waals surface area contributed by atoms with Gasteiger partial charge in [0, 0.05) is 23.5 Å². The van der Waals surface area contributed by atoms with E-state index >= 15 is 0 Å². The quantitative estimate of drug-likeness (QED) is 0.0295. The number of alkyl carbamates (subject to hydrolysis) is 2. The summed E-state index contributed by atoms with van der Waals surface area (Å²) in [7, 11) is 0. The minimum atomic E-state index is -1.68. The molecule has 0 aliphatic rings. The van der Waals surface area contributed by atoms with Gasteiger partial charge < -0.3 is 55.4 Å². The summed E-state index contributed by atoms with van der Waals surface area (Å²) in [5.74, 6) is -2.66. The second kappa shape index (κ2) is 22.6. The summed E-state index contributed by atoms with van der Waals surface area (Å²) in [5.41, 5.74) is -2.38. The molecule has 0 aliphatic carbocycles. The van der Waals surface area contributed by atoms with Crippen LogP contribution in [0.1, 0.15) is 106 Å². The average molecular weight is 858 g/mol. The standard InChI is InChI=1S/C42H63N7O12/c1-39(2,3)58-32(51)24-30(34(53)45-27-17-19-29(20-18-27)57-22-14-21-43-36(54)59-40(4,5)6)47-31(50)25-44-33(52)26-15-13-16-28(23-26)46-35(48-37(55)60-41(7,8)9)49-38(56)61-42(10,11)12/h13,15-20,23,30,37,55H,14,21-22,24-25H2,1-12H3,(H,43,54)(H,44,52)(H,45,53)(H,47,50)(H2,46,48,49,56). The van der Waals surface area contributed by atoms with Crippen molar-refractivity contribution in [3.8, 4) is 5.75 Å². The molecule has 0 saturated heterocycles. The maximum atomic E-state index is 13.4. The molecule has 0 spiro atoms. The van der Waals surface area contributed by atoms with E-state index in [1.807, 2.05) is 0 Å². The monoisotopic (exact) mass is 857 g/mol. The van der Waals surface area contributed by atoms with Crippen molar-refractivity contribution in [2.45, 2.75) is 131 Å². The number of anilines is 2. The number of aliphatic imine (C=N–C) groups is 1. The lowest BCUT2D eigenvalue weighted by molar-refractivity contribution is -0.159.